The second-order valence-electron chi connectivity index (χ2n) is 21.6. The Hall–Kier alpha value is -4.45. The van der Waals surface area contributed by atoms with Crippen LogP contribution in [0.5, 0.6) is 0 Å². The van der Waals surface area contributed by atoms with Crippen molar-refractivity contribution in [2.24, 2.45) is 0 Å². The van der Waals surface area contributed by atoms with E-state index in [0.717, 1.165) is 141 Å². The molecule has 0 saturated carbocycles. The number of hydrogen-bond acceptors (Lipinski definition) is 6. The van der Waals surface area contributed by atoms with Gasteiger partial charge in [-0.3, -0.25) is 14.4 Å². The van der Waals surface area contributed by atoms with Crippen molar-refractivity contribution in [2.45, 2.75) is 303 Å². The molecule has 1 unspecified atom stereocenters. The van der Waals surface area contributed by atoms with Gasteiger partial charge in [0.1, 0.15) is 13.2 Å². The first-order chi connectivity index (χ1) is 39.5. The van der Waals surface area contributed by atoms with E-state index in [-0.39, 0.29) is 31.1 Å². The molecule has 80 heavy (non-hydrogen) atoms. The van der Waals surface area contributed by atoms with Crippen LogP contribution in [-0.4, -0.2) is 37.2 Å². The maximum absolute atomic E-state index is 12.9. The Labute approximate surface area is 494 Å². The molecule has 0 aromatic carbocycles. The van der Waals surface area contributed by atoms with Crippen LogP contribution in [0.1, 0.15) is 297 Å². The first-order valence-corrected chi connectivity index (χ1v) is 33.2. The maximum atomic E-state index is 12.9. The fraction of sp³-hybridized carbons (Fsp3) is 0.662. The molecule has 0 radical (unpaired) electrons. The first kappa shape index (κ1) is 75.5. The third-order valence-corrected chi connectivity index (χ3v) is 13.9. The molecule has 0 rings (SSSR count). The van der Waals surface area contributed by atoms with Crippen LogP contribution in [0, 0.1) is 0 Å². The Kier molecular flexibility index (Phi) is 63.3. The highest BCUT2D eigenvalue weighted by atomic mass is 16.6. The van der Waals surface area contributed by atoms with Crippen LogP contribution < -0.4 is 0 Å². The van der Waals surface area contributed by atoms with E-state index in [1.165, 1.54) is 109 Å². The number of ether oxygens (including phenoxy) is 3. The number of allylic oxidation sites excluding steroid dienone is 22. The van der Waals surface area contributed by atoms with E-state index in [2.05, 4.69) is 154 Å². The van der Waals surface area contributed by atoms with Gasteiger partial charge in [0.2, 0.25) is 0 Å². The molecule has 0 fully saturated rings. The van der Waals surface area contributed by atoms with Crippen LogP contribution in [0.2, 0.25) is 0 Å². The molecule has 0 aromatic rings. The molecule has 6 heteroatoms. The molecule has 0 aromatic heterocycles. The van der Waals surface area contributed by atoms with E-state index in [4.69, 9.17) is 14.2 Å². The van der Waals surface area contributed by atoms with Crippen molar-refractivity contribution in [3.05, 3.63) is 134 Å². The van der Waals surface area contributed by atoms with Crippen LogP contribution >= 0.6 is 0 Å². The molecule has 0 heterocycles. The fourth-order valence-electron chi connectivity index (χ4n) is 9.00. The standard InChI is InChI=1S/C74H122O6/c1-4-7-10-13-16-19-22-25-28-31-34-37-40-43-46-49-52-55-58-61-64-67-73(76)79-70-71(69-78-72(75)66-63-60-57-54-51-48-45-42-39-36-33-30-27-24-21-18-15-12-9-6-3)80-74(77)68-65-62-59-56-53-50-47-44-41-38-35-32-29-26-23-20-17-14-11-8-5-2/h7-8,10-11,16-17,19-20,25-26,28-29,34-35,37-38,43-44,46-47,52,55,71H,4-6,9,12-15,18,21-24,27,30-33,36,39-42,45,48-51,53-54,56-70H2,1-3H3/b10-7-,11-8-,19-16-,20-17-,28-25-,29-26-,37-34-,38-35-,46-43-,47-44-,55-52-. The molecule has 0 aliphatic heterocycles. The summed E-state index contributed by atoms with van der Waals surface area (Å²) in [6.45, 7) is 6.39. The molecule has 6 nitrogen and oxygen atoms in total. The van der Waals surface area contributed by atoms with Crippen LogP contribution in [0.4, 0.5) is 0 Å². The molecular weight excluding hydrogens is 985 g/mol. The summed E-state index contributed by atoms with van der Waals surface area (Å²) in [5.41, 5.74) is 0. The molecule has 0 saturated heterocycles. The Morgan fingerprint density at radius 2 is 0.487 bits per heavy atom. The normalized spacial score (nSPS) is 13.0. The number of carbonyl (C=O) groups is 3. The first-order valence-electron chi connectivity index (χ1n) is 33.2. The maximum Gasteiger partial charge on any atom is 0.306 e. The van der Waals surface area contributed by atoms with E-state index in [1.54, 1.807) is 0 Å². The van der Waals surface area contributed by atoms with E-state index in [0.29, 0.717) is 25.7 Å². The average Bonchev–Trinajstić information content (AvgIpc) is 3.46. The zero-order valence-electron chi connectivity index (χ0n) is 52.0. The summed E-state index contributed by atoms with van der Waals surface area (Å²) in [4.78, 5) is 38.4. The highest BCUT2D eigenvalue weighted by Gasteiger charge is 2.19. The van der Waals surface area contributed by atoms with Gasteiger partial charge in [0, 0.05) is 19.3 Å². The summed E-state index contributed by atoms with van der Waals surface area (Å²) in [7, 11) is 0. The predicted molar refractivity (Wildman–Crippen MR) is 348 cm³/mol. The summed E-state index contributed by atoms with van der Waals surface area (Å²) < 4.78 is 16.9. The molecule has 0 amide bonds. The number of unbranched alkanes of at least 4 members (excludes halogenated alkanes) is 26. The zero-order valence-corrected chi connectivity index (χ0v) is 52.0. The van der Waals surface area contributed by atoms with Gasteiger partial charge in [0.25, 0.3) is 0 Å². The van der Waals surface area contributed by atoms with Crippen molar-refractivity contribution in [3.63, 3.8) is 0 Å². The third kappa shape index (κ3) is 64.4. The Morgan fingerprint density at radius 1 is 0.263 bits per heavy atom. The van der Waals surface area contributed by atoms with Crippen molar-refractivity contribution in [1.29, 1.82) is 0 Å². The highest BCUT2D eigenvalue weighted by Crippen LogP contribution is 2.16. The quantitative estimate of drug-likeness (QED) is 0.0261. The molecule has 0 aliphatic carbocycles. The lowest BCUT2D eigenvalue weighted by atomic mass is 10.0. The van der Waals surface area contributed by atoms with Crippen molar-refractivity contribution in [3.8, 4) is 0 Å². The van der Waals surface area contributed by atoms with Gasteiger partial charge in [-0.15, -0.1) is 0 Å². The minimum atomic E-state index is -0.812. The topological polar surface area (TPSA) is 78.9 Å². The fourth-order valence-corrected chi connectivity index (χ4v) is 9.00. The third-order valence-electron chi connectivity index (χ3n) is 13.9. The van der Waals surface area contributed by atoms with Crippen LogP contribution in [-0.2, 0) is 28.6 Å². The van der Waals surface area contributed by atoms with Gasteiger partial charge in [0.15, 0.2) is 6.10 Å². The highest BCUT2D eigenvalue weighted by molar-refractivity contribution is 5.71. The molecular formula is C74H122O6. The van der Waals surface area contributed by atoms with Crippen LogP contribution in [0.3, 0.4) is 0 Å². The number of esters is 3. The Morgan fingerprint density at radius 3 is 0.787 bits per heavy atom. The van der Waals surface area contributed by atoms with E-state index >= 15 is 0 Å². The van der Waals surface area contributed by atoms with Gasteiger partial charge in [-0.1, -0.05) is 296 Å². The summed E-state index contributed by atoms with van der Waals surface area (Å²) in [5.74, 6) is -0.959. The number of hydrogen-bond donors (Lipinski definition) is 0. The predicted octanol–water partition coefficient (Wildman–Crippen LogP) is 22.9. The van der Waals surface area contributed by atoms with Crippen molar-refractivity contribution in [2.75, 3.05) is 13.2 Å². The van der Waals surface area contributed by atoms with Crippen molar-refractivity contribution >= 4 is 17.9 Å². The number of carbonyl (C=O) groups excluding carboxylic acids is 3. The summed E-state index contributed by atoms with van der Waals surface area (Å²) >= 11 is 0. The van der Waals surface area contributed by atoms with E-state index in [1.807, 2.05) is 0 Å². The number of rotatable bonds is 59. The van der Waals surface area contributed by atoms with Crippen LogP contribution in [0.25, 0.3) is 0 Å². The molecule has 0 aliphatic rings. The monoisotopic (exact) mass is 1110 g/mol. The lowest BCUT2D eigenvalue weighted by Crippen LogP contribution is -2.30. The zero-order chi connectivity index (χ0) is 57.8. The van der Waals surface area contributed by atoms with Gasteiger partial charge in [-0.25, -0.2) is 0 Å². The van der Waals surface area contributed by atoms with Crippen molar-refractivity contribution in [1.82, 2.24) is 0 Å². The van der Waals surface area contributed by atoms with Gasteiger partial charge < -0.3 is 14.2 Å². The summed E-state index contributed by atoms with van der Waals surface area (Å²) in [6.07, 6.45) is 94.6. The minimum Gasteiger partial charge on any atom is -0.462 e. The largest absolute Gasteiger partial charge is 0.462 e. The van der Waals surface area contributed by atoms with Crippen molar-refractivity contribution < 1.29 is 28.6 Å². The lowest BCUT2D eigenvalue weighted by molar-refractivity contribution is -0.167. The summed E-state index contributed by atoms with van der Waals surface area (Å²) in [5, 5.41) is 0. The summed E-state index contributed by atoms with van der Waals surface area (Å²) in [6, 6.07) is 0. The Bertz CT molecular complexity index is 1700. The van der Waals surface area contributed by atoms with E-state index in [9.17, 15) is 14.4 Å². The second-order valence-corrected chi connectivity index (χ2v) is 21.6. The van der Waals surface area contributed by atoms with E-state index < -0.39 is 6.10 Å². The molecule has 0 bridgehead atoms. The van der Waals surface area contributed by atoms with Crippen LogP contribution in [0.15, 0.2) is 134 Å². The molecule has 0 N–H and O–H groups in total. The molecule has 0 spiro atoms. The average molecular weight is 1110 g/mol. The second kappa shape index (κ2) is 67.1. The molecule has 1 atom stereocenters. The van der Waals surface area contributed by atoms with Gasteiger partial charge >= 0.3 is 17.9 Å². The SMILES string of the molecule is CC/C=C\C/C=C\C/C=C\C/C=C\C/C=C\C/C=C\CCCCC(=O)OCC(COC(=O)CCCCCCCCCCCCCCCCCCCCCC)OC(=O)CCCCCCC/C=C\C/C=C\C/C=C\C/C=C\C/C=C\CC. The lowest BCUT2D eigenvalue weighted by Gasteiger charge is -2.18. The Balaban J connectivity index is 4.51. The van der Waals surface area contributed by atoms with Gasteiger partial charge in [-0.05, 0) is 116 Å². The molecule has 454 valence electrons. The van der Waals surface area contributed by atoms with Gasteiger partial charge in [-0.2, -0.15) is 0 Å². The smallest absolute Gasteiger partial charge is 0.306 e. The van der Waals surface area contributed by atoms with Gasteiger partial charge in [0.05, 0.1) is 0 Å². The minimum absolute atomic E-state index is 0.102.